The molecule has 1 aliphatic heterocycles. The quantitative estimate of drug-likeness (QED) is 0.565. The van der Waals surface area contributed by atoms with Gasteiger partial charge in [0.1, 0.15) is 5.82 Å². The fourth-order valence-corrected chi connectivity index (χ4v) is 4.80. The highest BCUT2D eigenvalue weighted by Crippen LogP contribution is 2.34. The molecule has 4 nitrogen and oxygen atoms in total. The third kappa shape index (κ3) is 5.32. The van der Waals surface area contributed by atoms with Gasteiger partial charge < -0.3 is 15.4 Å². The van der Waals surface area contributed by atoms with Crippen LogP contribution in [0.15, 0.2) is 41.4 Å². The second-order valence-corrected chi connectivity index (χ2v) is 8.96. The van der Waals surface area contributed by atoms with Crippen LogP contribution in [0.5, 0.6) is 0 Å². The largest absolute Gasteiger partial charge is 0.381 e. The van der Waals surface area contributed by atoms with Crippen molar-refractivity contribution in [3.63, 3.8) is 0 Å². The number of rotatable bonds is 6. The minimum Gasteiger partial charge on any atom is -0.381 e. The predicted molar refractivity (Wildman–Crippen MR) is 115 cm³/mol. The van der Waals surface area contributed by atoms with Crippen molar-refractivity contribution in [1.29, 1.82) is 0 Å². The number of halogens is 1. The number of benzene rings is 1. The van der Waals surface area contributed by atoms with Crippen molar-refractivity contribution >= 4 is 17.3 Å². The van der Waals surface area contributed by atoms with E-state index >= 15 is 0 Å². The van der Waals surface area contributed by atoms with E-state index in [4.69, 9.17) is 4.74 Å². The van der Waals surface area contributed by atoms with Gasteiger partial charge in [-0.05, 0) is 56.5 Å². The molecule has 0 spiro atoms. The van der Waals surface area contributed by atoms with Crippen molar-refractivity contribution in [2.75, 3.05) is 26.8 Å². The van der Waals surface area contributed by atoms with E-state index in [-0.39, 0.29) is 17.3 Å². The Labute approximate surface area is 171 Å². The molecule has 2 heterocycles. The van der Waals surface area contributed by atoms with Gasteiger partial charge in [-0.3, -0.25) is 4.99 Å². The van der Waals surface area contributed by atoms with Crippen LogP contribution in [0.4, 0.5) is 4.39 Å². The van der Waals surface area contributed by atoms with Crippen molar-refractivity contribution < 1.29 is 9.13 Å². The van der Waals surface area contributed by atoms with Crippen molar-refractivity contribution in [3.05, 3.63) is 57.5 Å². The molecule has 1 aliphatic rings. The Kier molecular flexibility index (Phi) is 7.08. The highest BCUT2D eigenvalue weighted by molar-refractivity contribution is 7.11. The van der Waals surface area contributed by atoms with Gasteiger partial charge in [-0.15, -0.1) is 11.3 Å². The van der Waals surface area contributed by atoms with E-state index in [9.17, 15) is 4.39 Å². The summed E-state index contributed by atoms with van der Waals surface area (Å²) in [6, 6.07) is 11.6. The minimum atomic E-state index is -0.189. The topological polar surface area (TPSA) is 45.7 Å². The van der Waals surface area contributed by atoms with Gasteiger partial charge >= 0.3 is 0 Å². The summed E-state index contributed by atoms with van der Waals surface area (Å²) in [6.07, 6.45) is 2.69. The van der Waals surface area contributed by atoms with E-state index in [0.29, 0.717) is 19.8 Å². The number of ether oxygens (including phenoxy) is 1. The molecule has 0 amide bonds. The third-order valence-electron chi connectivity index (χ3n) is 5.39. The molecule has 0 bridgehead atoms. The zero-order chi connectivity index (χ0) is 20.0. The normalized spacial score (nSPS) is 17.9. The Bertz CT molecular complexity index is 799. The predicted octanol–water partition coefficient (Wildman–Crippen LogP) is 4.04. The van der Waals surface area contributed by atoms with E-state index in [1.165, 1.54) is 15.8 Å². The van der Waals surface area contributed by atoms with Crippen LogP contribution in [0.2, 0.25) is 0 Å². The van der Waals surface area contributed by atoms with Crippen LogP contribution in [-0.2, 0) is 16.6 Å². The van der Waals surface area contributed by atoms with Crippen LogP contribution in [0.25, 0.3) is 0 Å². The molecule has 1 unspecified atom stereocenters. The van der Waals surface area contributed by atoms with Crippen LogP contribution < -0.4 is 10.6 Å². The van der Waals surface area contributed by atoms with Crippen molar-refractivity contribution in [1.82, 2.24) is 10.6 Å². The Morgan fingerprint density at radius 1 is 1.29 bits per heavy atom. The zero-order valence-corrected chi connectivity index (χ0v) is 17.7. The number of nitrogens with one attached hydrogen (secondary N) is 2. The van der Waals surface area contributed by atoms with Gasteiger partial charge in [0, 0.05) is 54.4 Å². The Morgan fingerprint density at radius 2 is 2.07 bits per heavy atom. The highest BCUT2D eigenvalue weighted by atomic mass is 32.1. The molecular weight excluding hydrogens is 373 g/mol. The molecule has 152 valence electrons. The van der Waals surface area contributed by atoms with Crippen molar-refractivity contribution in [2.45, 2.75) is 44.6 Å². The maximum absolute atomic E-state index is 13.9. The number of aryl methyl sites for hydroxylation is 1. The zero-order valence-electron chi connectivity index (χ0n) is 16.9. The average molecular weight is 404 g/mol. The van der Waals surface area contributed by atoms with E-state index in [2.05, 4.69) is 41.6 Å². The molecule has 1 aromatic heterocycles. The number of guanidine groups is 1. The molecule has 1 atom stereocenters. The summed E-state index contributed by atoms with van der Waals surface area (Å²) in [5.41, 5.74) is 0.882. The lowest BCUT2D eigenvalue weighted by Crippen LogP contribution is -2.50. The Balaban J connectivity index is 1.64. The van der Waals surface area contributed by atoms with Gasteiger partial charge in [0.25, 0.3) is 0 Å². The highest BCUT2D eigenvalue weighted by Gasteiger charge is 2.35. The smallest absolute Gasteiger partial charge is 0.191 e. The number of hydrogen-bond donors (Lipinski definition) is 2. The lowest BCUT2D eigenvalue weighted by molar-refractivity contribution is 0.0512. The second kappa shape index (κ2) is 9.52. The summed E-state index contributed by atoms with van der Waals surface area (Å²) in [5.74, 6) is 0.591. The number of aliphatic imine (C=N–C) groups is 1. The summed E-state index contributed by atoms with van der Waals surface area (Å²) in [6.45, 7) is 6.38. The van der Waals surface area contributed by atoms with E-state index in [0.717, 1.165) is 30.8 Å². The maximum atomic E-state index is 13.9. The fourth-order valence-electron chi connectivity index (χ4n) is 3.78. The summed E-state index contributed by atoms with van der Waals surface area (Å²) in [5, 5.41) is 6.97. The summed E-state index contributed by atoms with van der Waals surface area (Å²) in [7, 11) is 1.79. The molecule has 1 fully saturated rings. The van der Waals surface area contributed by atoms with Crippen molar-refractivity contribution in [3.8, 4) is 0 Å². The molecule has 0 saturated carbocycles. The van der Waals surface area contributed by atoms with Crippen LogP contribution in [0, 0.1) is 12.7 Å². The molecule has 28 heavy (non-hydrogen) atoms. The number of thiophene rings is 1. The molecule has 1 saturated heterocycles. The van der Waals surface area contributed by atoms with E-state index in [1.54, 1.807) is 19.2 Å². The summed E-state index contributed by atoms with van der Waals surface area (Å²) < 4.78 is 19.4. The Hall–Kier alpha value is -1.92. The molecule has 1 aromatic carbocycles. The molecule has 2 aromatic rings. The maximum Gasteiger partial charge on any atom is 0.191 e. The van der Waals surface area contributed by atoms with Gasteiger partial charge in [0.05, 0.1) is 0 Å². The number of hydrogen-bond acceptors (Lipinski definition) is 3. The monoisotopic (exact) mass is 403 g/mol. The van der Waals surface area contributed by atoms with Gasteiger partial charge in [0.15, 0.2) is 5.96 Å². The Morgan fingerprint density at radius 3 is 2.71 bits per heavy atom. The van der Waals surface area contributed by atoms with Gasteiger partial charge in [-0.1, -0.05) is 12.1 Å². The summed E-state index contributed by atoms with van der Waals surface area (Å²) >= 11 is 1.84. The summed E-state index contributed by atoms with van der Waals surface area (Å²) in [4.78, 5) is 7.10. The number of nitrogens with zero attached hydrogens (tertiary/aromatic N) is 1. The first kappa shape index (κ1) is 20.8. The fraction of sp³-hybridized carbons (Fsp3) is 0.500. The van der Waals surface area contributed by atoms with Crippen LogP contribution in [0.3, 0.4) is 0 Å². The molecule has 3 rings (SSSR count). The van der Waals surface area contributed by atoms with Gasteiger partial charge in [-0.2, -0.15) is 0 Å². The average Bonchev–Trinajstić information content (AvgIpc) is 3.10. The van der Waals surface area contributed by atoms with E-state index < -0.39 is 0 Å². The van der Waals surface area contributed by atoms with Crippen LogP contribution in [0.1, 0.15) is 35.1 Å². The first-order chi connectivity index (χ1) is 13.5. The standard InChI is InChI=1S/C22H30FN3OS/c1-16(13-20-8-7-17(2)28-20)26-21(24-3)25-15-22(9-11-27-12-10-22)18-5-4-6-19(23)14-18/h4-8,14,16H,9-13,15H2,1-3H3,(H2,24,25,26). The lowest BCUT2D eigenvalue weighted by atomic mass is 9.74. The molecule has 0 aliphatic carbocycles. The molecule has 2 N–H and O–H groups in total. The minimum absolute atomic E-state index is 0.147. The molecular formula is C22H30FN3OS. The molecule has 0 radical (unpaired) electrons. The van der Waals surface area contributed by atoms with Crippen molar-refractivity contribution in [2.24, 2.45) is 4.99 Å². The SMILES string of the molecule is CN=C(NCC1(c2cccc(F)c2)CCOCC1)NC(C)Cc1ccc(C)s1. The lowest BCUT2D eigenvalue weighted by Gasteiger charge is -2.38. The second-order valence-electron chi connectivity index (χ2n) is 7.59. The van der Waals surface area contributed by atoms with Crippen LogP contribution in [-0.4, -0.2) is 38.8 Å². The molecule has 6 heteroatoms. The first-order valence-corrected chi connectivity index (χ1v) is 10.7. The van der Waals surface area contributed by atoms with Gasteiger partial charge in [0.2, 0.25) is 0 Å². The van der Waals surface area contributed by atoms with Gasteiger partial charge in [-0.25, -0.2) is 4.39 Å². The first-order valence-electron chi connectivity index (χ1n) is 9.87. The van der Waals surface area contributed by atoms with Crippen LogP contribution >= 0.6 is 11.3 Å². The van der Waals surface area contributed by atoms with E-state index in [1.807, 2.05) is 17.4 Å². The third-order valence-corrected chi connectivity index (χ3v) is 6.41.